The summed E-state index contributed by atoms with van der Waals surface area (Å²) in [6, 6.07) is 17.5. The smallest absolute Gasteiger partial charge is 0.234 e. The summed E-state index contributed by atoms with van der Waals surface area (Å²) in [4.78, 5) is 12.1. The van der Waals surface area contributed by atoms with Crippen LogP contribution in [0.15, 0.2) is 58.9 Å². The molecule has 7 heteroatoms. The quantitative estimate of drug-likeness (QED) is 0.520. The fraction of sp³-hybridized carbons (Fsp3) is 0.118. The topological polar surface area (TPSA) is 46.9 Å². The van der Waals surface area contributed by atoms with E-state index >= 15 is 0 Å². The Hall–Kier alpha value is -1.96. The Bertz CT molecular complexity index is 903. The van der Waals surface area contributed by atoms with Crippen molar-refractivity contribution in [1.29, 1.82) is 0 Å². The van der Waals surface area contributed by atoms with E-state index in [0.717, 1.165) is 21.3 Å². The van der Waals surface area contributed by atoms with Crippen molar-refractivity contribution in [3.05, 3.63) is 64.1 Å². The van der Waals surface area contributed by atoms with Crippen LogP contribution >= 0.6 is 35.3 Å². The molecule has 0 aliphatic heterocycles. The van der Waals surface area contributed by atoms with Crippen molar-refractivity contribution >= 4 is 46.9 Å². The number of thioether (sulfide) groups is 1. The molecule has 1 heterocycles. The molecule has 24 heavy (non-hydrogen) atoms. The van der Waals surface area contributed by atoms with Gasteiger partial charge in [-0.2, -0.15) is 0 Å². The molecule has 0 saturated heterocycles. The number of hydrogen-bond donors (Lipinski definition) is 1. The molecule has 3 rings (SSSR count). The number of nitrogens with one attached hydrogen (secondary N) is 1. The average molecular weight is 374 g/mol. The number of hydrogen-bond acceptors (Lipinski definition) is 5. The Morgan fingerprint density at radius 3 is 2.79 bits per heavy atom. The third-order valence-electron chi connectivity index (χ3n) is 3.16. The van der Waals surface area contributed by atoms with Gasteiger partial charge in [0.15, 0.2) is 8.29 Å². The van der Waals surface area contributed by atoms with Gasteiger partial charge in [0.05, 0.1) is 11.4 Å². The van der Waals surface area contributed by atoms with Gasteiger partial charge in [-0.15, -0.1) is 5.10 Å². The van der Waals surface area contributed by atoms with Gasteiger partial charge in [-0.25, -0.2) is 4.68 Å². The Kier molecular flexibility index (Phi) is 5.44. The minimum atomic E-state index is -0.0574. The lowest BCUT2D eigenvalue weighted by molar-refractivity contribution is -0.113. The van der Waals surface area contributed by atoms with Gasteiger partial charge >= 0.3 is 0 Å². The van der Waals surface area contributed by atoms with Crippen molar-refractivity contribution in [3.63, 3.8) is 0 Å². The zero-order chi connectivity index (χ0) is 16.9. The van der Waals surface area contributed by atoms with Crippen LogP contribution < -0.4 is 5.32 Å². The van der Waals surface area contributed by atoms with Crippen molar-refractivity contribution in [2.45, 2.75) is 11.3 Å². The Morgan fingerprint density at radius 2 is 2.04 bits per heavy atom. The normalized spacial score (nSPS) is 10.5. The summed E-state index contributed by atoms with van der Waals surface area (Å²) in [5.74, 6) is 0.239. The highest BCUT2D eigenvalue weighted by atomic mass is 32.2. The SMILES string of the molecule is Cc1cccc(NC(=O)CSc2nn(-c3ccccc3)c(=S)s2)c1. The molecule has 0 spiro atoms. The molecule has 0 radical (unpaired) electrons. The first-order valence-corrected chi connectivity index (χ1v) is 9.48. The first kappa shape index (κ1) is 16.9. The molecule has 0 aliphatic rings. The van der Waals surface area contributed by atoms with Crippen LogP contribution in [0.5, 0.6) is 0 Å². The van der Waals surface area contributed by atoms with Crippen LogP contribution in [-0.4, -0.2) is 21.4 Å². The van der Waals surface area contributed by atoms with Crippen LogP contribution in [0.25, 0.3) is 5.69 Å². The van der Waals surface area contributed by atoms with E-state index in [1.807, 2.05) is 61.5 Å². The van der Waals surface area contributed by atoms with Crippen LogP contribution in [0.2, 0.25) is 0 Å². The van der Waals surface area contributed by atoms with Gasteiger partial charge in [-0.1, -0.05) is 53.4 Å². The Morgan fingerprint density at radius 1 is 1.25 bits per heavy atom. The van der Waals surface area contributed by atoms with Gasteiger partial charge in [-0.3, -0.25) is 4.79 Å². The third kappa shape index (κ3) is 4.31. The number of rotatable bonds is 5. The molecular weight excluding hydrogens is 358 g/mol. The second-order valence-electron chi connectivity index (χ2n) is 5.09. The Balaban J connectivity index is 1.63. The largest absolute Gasteiger partial charge is 0.325 e. The van der Waals surface area contributed by atoms with Crippen molar-refractivity contribution in [2.75, 3.05) is 11.1 Å². The number of nitrogens with zero attached hydrogens (tertiary/aromatic N) is 2. The molecule has 0 bridgehead atoms. The molecule has 1 aromatic heterocycles. The summed E-state index contributed by atoms with van der Waals surface area (Å²) in [6.07, 6.45) is 0. The lowest BCUT2D eigenvalue weighted by Gasteiger charge is -2.04. The fourth-order valence-electron chi connectivity index (χ4n) is 2.10. The van der Waals surface area contributed by atoms with Crippen LogP contribution in [0.4, 0.5) is 5.69 Å². The van der Waals surface area contributed by atoms with Crippen molar-refractivity contribution in [2.24, 2.45) is 0 Å². The van der Waals surface area contributed by atoms with Gasteiger partial charge < -0.3 is 5.32 Å². The molecule has 0 saturated carbocycles. The van der Waals surface area contributed by atoms with Gasteiger partial charge in [0, 0.05) is 5.69 Å². The summed E-state index contributed by atoms with van der Waals surface area (Å²) >= 11 is 8.16. The maximum Gasteiger partial charge on any atom is 0.234 e. The summed E-state index contributed by atoms with van der Waals surface area (Å²) < 4.78 is 3.17. The minimum absolute atomic E-state index is 0.0574. The maximum atomic E-state index is 12.1. The van der Waals surface area contributed by atoms with Crippen LogP contribution in [0.3, 0.4) is 0 Å². The molecule has 1 amide bonds. The zero-order valence-corrected chi connectivity index (χ0v) is 15.4. The van der Waals surface area contributed by atoms with Crippen molar-refractivity contribution in [1.82, 2.24) is 9.78 Å². The highest BCUT2D eigenvalue weighted by molar-refractivity contribution is 8.01. The lowest BCUT2D eigenvalue weighted by Crippen LogP contribution is -2.14. The molecule has 2 aromatic carbocycles. The van der Waals surface area contributed by atoms with Crippen molar-refractivity contribution in [3.8, 4) is 5.69 Å². The van der Waals surface area contributed by atoms with Gasteiger partial charge in [0.25, 0.3) is 0 Å². The zero-order valence-electron chi connectivity index (χ0n) is 12.9. The van der Waals surface area contributed by atoms with E-state index < -0.39 is 0 Å². The van der Waals surface area contributed by atoms with Gasteiger partial charge in [0.1, 0.15) is 0 Å². The van der Waals surface area contributed by atoms with E-state index in [0.29, 0.717) is 9.71 Å². The summed E-state index contributed by atoms with van der Waals surface area (Å²) in [6.45, 7) is 1.99. The first-order valence-electron chi connectivity index (χ1n) is 7.27. The standard InChI is InChI=1S/C17H15N3OS3/c1-12-6-5-7-13(10-12)18-15(21)11-23-16-19-20(17(22)24-16)14-8-3-2-4-9-14/h2-10H,11H2,1H3,(H,18,21). The van der Waals surface area contributed by atoms with E-state index in [2.05, 4.69) is 10.4 Å². The Labute approximate surface area is 153 Å². The number of para-hydroxylation sites is 1. The van der Waals surface area contributed by atoms with Gasteiger partial charge in [0.2, 0.25) is 5.91 Å². The highest BCUT2D eigenvalue weighted by Crippen LogP contribution is 2.24. The van der Waals surface area contributed by atoms with Crippen LogP contribution in [-0.2, 0) is 4.79 Å². The number of aryl methyl sites for hydroxylation is 1. The summed E-state index contributed by atoms with van der Waals surface area (Å²) in [7, 11) is 0. The summed E-state index contributed by atoms with van der Waals surface area (Å²) in [5, 5.41) is 7.38. The predicted octanol–water partition coefficient (Wildman–Crippen LogP) is 4.70. The number of anilines is 1. The molecular formula is C17H15N3OS3. The molecule has 1 N–H and O–H groups in total. The van der Waals surface area contributed by atoms with Crippen molar-refractivity contribution < 1.29 is 4.79 Å². The van der Waals surface area contributed by atoms with E-state index in [-0.39, 0.29) is 5.91 Å². The van der Waals surface area contributed by atoms with E-state index in [1.54, 1.807) is 4.68 Å². The van der Waals surface area contributed by atoms with E-state index in [4.69, 9.17) is 12.2 Å². The number of amides is 1. The molecule has 122 valence electrons. The lowest BCUT2D eigenvalue weighted by atomic mass is 10.2. The molecule has 0 atom stereocenters. The monoisotopic (exact) mass is 373 g/mol. The average Bonchev–Trinajstić information content (AvgIpc) is 2.95. The molecule has 0 fully saturated rings. The first-order chi connectivity index (χ1) is 11.6. The number of benzene rings is 2. The number of carbonyl (C=O) groups is 1. The predicted molar refractivity (Wildman–Crippen MR) is 103 cm³/mol. The molecule has 0 unspecified atom stereocenters. The van der Waals surface area contributed by atoms with E-state index in [9.17, 15) is 4.79 Å². The molecule has 0 aliphatic carbocycles. The number of carbonyl (C=O) groups excluding carboxylic acids is 1. The van der Waals surface area contributed by atoms with Crippen LogP contribution in [0.1, 0.15) is 5.56 Å². The molecule has 3 aromatic rings. The maximum absolute atomic E-state index is 12.1. The van der Waals surface area contributed by atoms with E-state index in [1.165, 1.54) is 23.1 Å². The third-order valence-corrected chi connectivity index (χ3v) is 5.52. The second kappa shape index (κ2) is 7.74. The summed E-state index contributed by atoms with van der Waals surface area (Å²) in [5.41, 5.74) is 2.85. The molecule has 4 nitrogen and oxygen atoms in total. The fourth-order valence-corrected chi connectivity index (χ4v) is 4.26. The minimum Gasteiger partial charge on any atom is -0.325 e. The highest BCUT2D eigenvalue weighted by Gasteiger charge is 2.09. The van der Waals surface area contributed by atoms with Gasteiger partial charge in [-0.05, 0) is 49.0 Å². The number of aromatic nitrogens is 2. The second-order valence-corrected chi connectivity index (χ2v) is 7.93. The van der Waals surface area contributed by atoms with Crippen LogP contribution in [0, 0.1) is 10.9 Å².